The van der Waals surface area contributed by atoms with Crippen molar-refractivity contribution >= 4 is 5.91 Å². The number of benzene rings is 2. The first-order valence-electron chi connectivity index (χ1n) is 8.07. The van der Waals surface area contributed by atoms with Gasteiger partial charge in [-0.25, -0.2) is 0 Å². The lowest BCUT2D eigenvalue weighted by atomic mass is 10.0. The number of ether oxygens (including phenoxy) is 1. The maximum atomic E-state index is 12.5. The van der Waals surface area contributed by atoms with Crippen molar-refractivity contribution in [2.24, 2.45) is 0 Å². The summed E-state index contributed by atoms with van der Waals surface area (Å²) >= 11 is 0. The topological polar surface area (TPSA) is 58.6 Å². The maximum absolute atomic E-state index is 12.5. The van der Waals surface area contributed by atoms with Gasteiger partial charge < -0.3 is 15.2 Å². The van der Waals surface area contributed by atoms with Gasteiger partial charge in [0.2, 0.25) is 5.91 Å². The number of rotatable bonds is 8. The zero-order chi connectivity index (χ0) is 18.2. The Kier molecular flexibility index (Phi) is 6.89. The molecule has 0 spiro atoms. The molecule has 0 heterocycles. The fourth-order valence-corrected chi connectivity index (χ4v) is 2.59. The fourth-order valence-electron chi connectivity index (χ4n) is 2.59. The number of carbonyl (C=O) groups is 1. The summed E-state index contributed by atoms with van der Waals surface area (Å²) in [6, 6.07) is 14.7. The summed E-state index contributed by atoms with van der Waals surface area (Å²) in [6.45, 7) is -1.10. The highest BCUT2D eigenvalue weighted by Gasteiger charge is 2.20. The number of carbonyl (C=O) groups excluding carboxylic acids is 1. The molecule has 0 saturated carbocycles. The van der Waals surface area contributed by atoms with E-state index in [4.69, 9.17) is 0 Å². The average molecular weight is 349 g/mol. The summed E-state index contributed by atoms with van der Waals surface area (Å²) in [6.07, 6.45) is -0.541. The summed E-state index contributed by atoms with van der Waals surface area (Å²) in [4.78, 5) is 12.2. The van der Waals surface area contributed by atoms with Crippen molar-refractivity contribution in [3.63, 3.8) is 0 Å². The molecule has 2 rings (SSSR count). The van der Waals surface area contributed by atoms with E-state index in [9.17, 15) is 18.7 Å². The first-order chi connectivity index (χ1) is 12.0. The average Bonchev–Trinajstić information content (AvgIpc) is 2.60. The number of para-hydroxylation sites is 1. The van der Waals surface area contributed by atoms with Gasteiger partial charge in [0.25, 0.3) is 0 Å². The minimum absolute atomic E-state index is 0.0354. The van der Waals surface area contributed by atoms with Gasteiger partial charge in [-0.15, -0.1) is 0 Å². The Morgan fingerprint density at radius 3 is 2.40 bits per heavy atom. The van der Waals surface area contributed by atoms with E-state index in [1.807, 2.05) is 13.0 Å². The Hall–Kier alpha value is -2.47. The van der Waals surface area contributed by atoms with E-state index in [0.29, 0.717) is 17.5 Å². The van der Waals surface area contributed by atoms with Gasteiger partial charge in [0.1, 0.15) is 5.75 Å². The van der Waals surface area contributed by atoms with Gasteiger partial charge in [-0.1, -0.05) is 55.5 Å². The molecule has 0 aliphatic rings. The van der Waals surface area contributed by atoms with Crippen molar-refractivity contribution in [1.82, 2.24) is 5.32 Å². The molecule has 134 valence electrons. The molecule has 2 unspecified atom stereocenters. The van der Waals surface area contributed by atoms with Crippen LogP contribution in [0.5, 0.6) is 5.75 Å². The number of aliphatic hydroxyl groups excluding tert-OH is 1. The first-order valence-corrected chi connectivity index (χ1v) is 8.07. The SMILES string of the molecule is CCC(NC(=O)CC(O)c1ccccc1)c1ccccc1OC(F)F. The normalized spacial score (nSPS) is 13.3. The third-order valence-electron chi connectivity index (χ3n) is 3.82. The second-order valence-corrected chi connectivity index (χ2v) is 5.58. The van der Waals surface area contributed by atoms with Crippen LogP contribution in [0.2, 0.25) is 0 Å². The fraction of sp³-hybridized carbons (Fsp3) is 0.316. The molecular formula is C19H21F2NO3. The molecule has 2 atom stereocenters. The molecule has 2 N–H and O–H groups in total. The van der Waals surface area contributed by atoms with Gasteiger partial charge in [-0.3, -0.25) is 4.79 Å². The quantitative estimate of drug-likeness (QED) is 0.758. The number of halogens is 2. The molecule has 6 heteroatoms. The summed E-state index contributed by atoms with van der Waals surface area (Å²) in [5, 5.41) is 12.9. The summed E-state index contributed by atoms with van der Waals surface area (Å²) in [5.41, 5.74) is 1.12. The minimum atomic E-state index is -2.94. The van der Waals surface area contributed by atoms with Crippen LogP contribution in [0.15, 0.2) is 54.6 Å². The van der Waals surface area contributed by atoms with Gasteiger partial charge in [0, 0.05) is 5.56 Å². The molecule has 0 bridgehead atoms. The summed E-state index contributed by atoms with van der Waals surface area (Å²) in [5.74, 6) is -0.330. The molecule has 0 saturated heterocycles. The van der Waals surface area contributed by atoms with E-state index in [1.165, 1.54) is 6.07 Å². The smallest absolute Gasteiger partial charge is 0.387 e. The van der Waals surface area contributed by atoms with Crippen LogP contribution in [0.1, 0.15) is 43.0 Å². The Morgan fingerprint density at radius 1 is 1.12 bits per heavy atom. The van der Waals surface area contributed by atoms with Crippen molar-refractivity contribution in [2.45, 2.75) is 38.5 Å². The molecule has 0 aliphatic carbocycles. The van der Waals surface area contributed by atoms with Gasteiger partial charge in [-0.05, 0) is 18.1 Å². The van der Waals surface area contributed by atoms with Crippen LogP contribution in [0.3, 0.4) is 0 Å². The number of hydrogen-bond acceptors (Lipinski definition) is 3. The molecule has 1 amide bonds. The van der Waals surface area contributed by atoms with E-state index in [0.717, 1.165) is 0 Å². The van der Waals surface area contributed by atoms with Gasteiger partial charge in [0.05, 0.1) is 18.6 Å². The molecule has 0 radical (unpaired) electrons. The predicted molar refractivity (Wildman–Crippen MR) is 90.3 cm³/mol. The Morgan fingerprint density at radius 2 is 1.76 bits per heavy atom. The van der Waals surface area contributed by atoms with Crippen LogP contribution in [-0.4, -0.2) is 17.6 Å². The van der Waals surface area contributed by atoms with Crippen molar-refractivity contribution in [3.8, 4) is 5.75 Å². The number of amides is 1. The van der Waals surface area contributed by atoms with Crippen LogP contribution < -0.4 is 10.1 Å². The zero-order valence-electron chi connectivity index (χ0n) is 13.9. The van der Waals surface area contributed by atoms with Gasteiger partial charge >= 0.3 is 6.61 Å². The number of hydrogen-bond donors (Lipinski definition) is 2. The summed E-state index contributed by atoms with van der Waals surface area (Å²) < 4.78 is 29.6. The Balaban J connectivity index is 2.05. The lowest BCUT2D eigenvalue weighted by Gasteiger charge is -2.21. The van der Waals surface area contributed by atoms with E-state index >= 15 is 0 Å². The zero-order valence-corrected chi connectivity index (χ0v) is 13.9. The van der Waals surface area contributed by atoms with Crippen molar-refractivity contribution in [1.29, 1.82) is 0 Å². The van der Waals surface area contributed by atoms with E-state index in [-0.39, 0.29) is 18.1 Å². The minimum Gasteiger partial charge on any atom is -0.434 e. The van der Waals surface area contributed by atoms with E-state index in [1.54, 1.807) is 42.5 Å². The van der Waals surface area contributed by atoms with Crippen LogP contribution in [0.25, 0.3) is 0 Å². The van der Waals surface area contributed by atoms with Gasteiger partial charge in [0.15, 0.2) is 0 Å². The maximum Gasteiger partial charge on any atom is 0.387 e. The van der Waals surface area contributed by atoms with Crippen molar-refractivity contribution in [3.05, 3.63) is 65.7 Å². The molecule has 0 aliphatic heterocycles. The lowest BCUT2D eigenvalue weighted by Crippen LogP contribution is -2.29. The van der Waals surface area contributed by atoms with Gasteiger partial charge in [-0.2, -0.15) is 8.78 Å². The van der Waals surface area contributed by atoms with Crippen LogP contribution in [0.4, 0.5) is 8.78 Å². The number of nitrogens with one attached hydrogen (secondary N) is 1. The first kappa shape index (κ1) is 18.9. The molecule has 2 aromatic rings. The molecule has 2 aromatic carbocycles. The molecule has 4 nitrogen and oxygen atoms in total. The highest BCUT2D eigenvalue weighted by atomic mass is 19.3. The number of alkyl halides is 2. The largest absolute Gasteiger partial charge is 0.434 e. The van der Waals surface area contributed by atoms with Crippen LogP contribution in [0, 0.1) is 0 Å². The van der Waals surface area contributed by atoms with Crippen molar-refractivity contribution < 1.29 is 23.4 Å². The van der Waals surface area contributed by atoms with Crippen LogP contribution in [-0.2, 0) is 4.79 Å². The second-order valence-electron chi connectivity index (χ2n) is 5.58. The second kappa shape index (κ2) is 9.13. The predicted octanol–water partition coefficient (Wildman–Crippen LogP) is 3.98. The molecule has 0 fully saturated rings. The lowest BCUT2D eigenvalue weighted by molar-refractivity contribution is -0.123. The van der Waals surface area contributed by atoms with E-state index in [2.05, 4.69) is 10.1 Å². The van der Waals surface area contributed by atoms with Crippen molar-refractivity contribution in [2.75, 3.05) is 0 Å². The highest BCUT2D eigenvalue weighted by molar-refractivity contribution is 5.77. The van der Waals surface area contributed by atoms with Crippen LogP contribution >= 0.6 is 0 Å². The monoisotopic (exact) mass is 349 g/mol. The Bertz CT molecular complexity index is 679. The summed E-state index contributed by atoms with van der Waals surface area (Å²) in [7, 11) is 0. The highest BCUT2D eigenvalue weighted by Crippen LogP contribution is 2.29. The molecular weight excluding hydrogens is 328 g/mol. The third-order valence-corrected chi connectivity index (χ3v) is 3.82. The molecule has 25 heavy (non-hydrogen) atoms. The van der Waals surface area contributed by atoms with E-state index < -0.39 is 18.8 Å². The number of aliphatic hydroxyl groups is 1. The third kappa shape index (κ3) is 5.53. The Labute approximate surface area is 145 Å². The molecule has 0 aromatic heterocycles. The standard InChI is InChI=1S/C19H21F2NO3/c1-2-15(14-10-6-7-11-17(14)25-19(20)21)22-18(24)12-16(23)13-8-4-3-5-9-13/h3-11,15-16,19,23H,2,12H2,1H3,(H,22,24).